The van der Waals surface area contributed by atoms with Gasteiger partial charge in [0, 0.05) is 18.9 Å². The molecule has 1 amide bonds. The van der Waals surface area contributed by atoms with E-state index in [1.165, 1.54) is 0 Å². The zero-order valence-corrected chi connectivity index (χ0v) is 16.9. The molecule has 1 saturated heterocycles. The molecule has 0 unspecified atom stereocenters. The van der Waals surface area contributed by atoms with Gasteiger partial charge in [-0.05, 0) is 61.8 Å². The molecule has 0 saturated carbocycles. The third-order valence-corrected chi connectivity index (χ3v) is 5.15. The van der Waals surface area contributed by atoms with E-state index in [0.29, 0.717) is 6.54 Å². The van der Waals surface area contributed by atoms with E-state index in [1.54, 1.807) is 10.9 Å². The number of nitrogens with one attached hydrogen (secondary N) is 2. The molecule has 2 N–H and O–H groups in total. The summed E-state index contributed by atoms with van der Waals surface area (Å²) in [6.45, 7) is 2.08. The molecule has 0 spiro atoms. The van der Waals surface area contributed by atoms with Gasteiger partial charge in [0.15, 0.2) is 0 Å². The Bertz CT molecular complexity index is 892. The van der Waals surface area contributed by atoms with Gasteiger partial charge in [0.25, 0.3) is 0 Å². The number of halogens is 1. The Kier molecular flexibility index (Phi) is 6.90. The monoisotopic (exact) mass is 412 g/mol. The zero-order valence-electron chi connectivity index (χ0n) is 16.1. The van der Waals surface area contributed by atoms with Gasteiger partial charge in [0.1, 0.15) is 17.0 Å². The van der Waals surface area contributed by atoms with Gasteiger partial charge < -0.3 is 15.4 Å². The summed E-state index contributed by atoms with van der Waals surface area (Å²) in [6, 6.07) is 19.3. The van der Waals surface area contributed by atoms with Crippen molar-refractivity contribution in [3.8, 4) is 11.5 Å². The van der Waals surface area contributed by atoms with Crippen molar-refractivity contribution >= 4 is 18.3 Å². The largest absolute Gasteiger partial charge is 0.457 e. The molecule has 0 bridgehead atoms. The zero-order chi connectivity index (χ0) is 19.2. The van der Waals surface area contributed by atoms with Gasteiger partial charge >= 0.3 is 0 Å². The van der Waals surface area contributed by atoms with E-state index in [4.69, 9.17) is 4.74 Å². The molecule has 6 nitrogen and oxygen atoms in total. The molecule has 1 aliphatic rings. The fourth-order valence-electron chi connectivity index (χ4n) is 3.57. The lowest BCUT2D eigenvalue weighted by Gasteiger charge is -2.36. The predicted octanol–water partition coefficient (Wildman–Crippen LogP) is 3.49. The van der Waals surface area contributed by atoms with Crippen molar-refractivity contribution in [2.75, 3.05) is 13.1 Å². The quantitative estimate of drug-likeness (QED) is 0.650. The number of aromatic nitrogens is 2. The van der Waals surface area contributed by atoms with Crippen molar-refractivity contribution < 1.29 is 9.53 Å². The molecule has 1 fully saturated rings. The van der Waals surface area contributed by atoms with Crippen molar-refractivity contribution in [3.05, 3.63) is 78.6 Å². The van der Waals surface area contributed by atoms with Crippen molar-refractivity contribution in [2.45, 2.75) is 24.9 Å². The van der Waals surface area contributed by atoms with Crippen LogP contribution < -0.4 is 15.4 Å². The standard InChI is InChI=1S/C22H24N4O2.ClH/c27-21(22(11-14-23-15-12-22)26-16-4-13-25-26)24-17-18-7-9-20(10-8-18)28-19-5-2-1-3-6-19;/h1-10,13,16,23H,11-12,14-15,17H2,(H,24,27);1H. The summed E-state index contributed by atoms with van der Waals surface area (Å²) < 4.78 is 7.62. The van der Waals surface area contributed by atoms with Crippen LogP contribution in [0.4, 0.5) is 0 Å². The molecule has 29 heavy (non-hydrogen) atoms. The van der Waals surface area contributed by atoms with Crippen LogP contribution in [0, 0.1) is 0 Å². The second-order valence-electron chi connectivity index (χ2n) is 6.97. The lowest BCUT2D eigenvalue weighted by atomic mass is 9.87. The smallest absolute Gasteiger partial charge is 0.248 e. The molecule has 7 heteroatoms. The SMILES string of the molecule is Cl.O=C(NCc1ccc(Oc2ccccc2)cc1)C1(n2cccn2)CCNCC1. The number of piperidine rings is 1. The van der Waals surface area contributed by atoms with Gasteiger partial charge in [0.05, 0.1) is 0 Å². The fraction of sp³-hybridized carbons (Fsp3) is 0.273. The van der Waals surface area contributed by atoms with E-state index in [1.807, 2.05) is 66.9 Å². The van der Waals surface area contributed by atoms with Gasteiger partial charge in [-0.15, -0.1) is 12.4 Å². The molecule has 0 aliphatic carbocycles. The third-order valence-electron chi connectivity index (χ3n) is 5.15. The second kappa shape index (κ2) is 9.58. The van der Waals surface area contributed by atoms with E-state index in [-0.39, 0.29) is 18.3 Å². The van der Waals surface area contributed by atoms with E-state index in [0.717, 1.165) is 43.0 Å². The van der Waals surface area contributed by atoms with Gasteiger partial charge in [-0.2, -0.15) is 5.10 Å². The second-order valence-corrected chi connectivity index (χ2v) is 6.97. The minimum absolute atomic E-state index is 0. The van der Waals surface area contributed by atoms with E-state index in [9.17, 15) is 4.79 Å². The van der Waals surface area contributed by atoms with Crippen LogP contribution in [0.1, 0.15) is 18.4 Å². The van der Waals surface area contributed by atoms with Crippen molar-refractivity contribution in [1.82, 2.24) is 20.4 Å². The minimum Gasteiger partial charge on any atom is -0.457 e. The van der Waals surface area contributed by atoms with Gasteiger partial charge in [-0.25, -0.2) is 0 Å². The van der Waals surface area contributed by atoms with E-state index < -0.39 is 5.54 Å². The highest BCUT2D eigenvalue weighted by atomic mass is 35.5. The van der Waals surface area contributed by atoms with Crippen LogP contribution >= 0.6 is 12.4 Å². The Balaban J connectivity index is 0.00000240. The molecule has 2 aromatic carbocycles. The summed E-state index contributed by atoms with van der Waals surface area (Å²) in [6.07, 6.45) is 5.05. The van der Waals surface area contributed by atoms with Crippen molar-refractivity contribution in [2.24, 2.45) is 0 Å². The highest BCUT2D eigenvalue weighted by Gasteiger charge is 2.41. The predicted molar refractivity (Wildman–Crippen MR) is 114 cm³/mol. The highest BCUT2D eigenvalue weighted by Crippen LogP contribution is 2.27. The molecule has 0 radical (unpaired) electrons. The Morgan fingerprint density at radius 3 is 2.38 bits per heavy atom. The Labute approximate surface area is 176 Å². The lowest BCUT2D eigenvalue weighted by molar-refractivity contribution is -0.132. The number of carbonyl (C=O) groups is 1. The molecule has 3 aromatic rings. The van der Waals surface area contributed by atoms with Crippen LogP contribution in [0.3, 0.4) is 0 Å². The van der Waals surface area contributed by atoms with Crippen LogP contribution in [-0.4, -0.2) is 28.8 Å². The average molecular weight is 413 g/mol. The van der Waals surface area contributed by atoms with E-state index in [2.05, 4.69) is 15.7 Å². The van der Waals surface area contributed by atoms with Crippen LogP contribution in [0.5, 0.6) is 11.5 Å². The first kappa shape index (κ1) is 20.9. The molecule has 0 atom stereocenters. The van der Waals surface area contributed by atoms with Gasteiger partial charge in [0.2, 0.25) is 5.91 Å². The molecule has 152 valence electrons. The summed E-state index contributed by atoms with van der Waals surface area (Å²) in [5.74, 6) is 1.59. The molecule has 1 aliphatic heterocycles. The highest BCUT2D eigenvalue weighted by molar-refractivity contribution is 5.85. The number of nitrogens with zero attached hydrogens (tertiary/aromatic N) is 2. The topological polar surface area (TPSA) is 68.2 Å². The number of amides is 1. The summed E-state index contributed by atoms with van der Waals surface area (Å²) in [5, 5.41) is 10.8. The number of hydrogen-bond acceptors (Lipinski definition) is 4. The van der Waals surface area contributed by atoms with Gasteiger partial charge in [-0.1, -0.05) is 30.3 Å². The van der Waals surface area contributed by atoms with Crippen LogP contribution in [-0.2, 0) is 16.9 Å². The number of rotatable bonds is 6. The maximum atomic E-state index is 13.1. The molecule has 4 rings (SSSR count). The lowest BCUT2D eigenvalue weighted by Crippen LogP contribution is -2.54. The van der Waals surface area contributed by atoms with Crippen LogP contribution in [0.15, 0.2) is 73.1 Å². The minimum atomic E-state index is -0.620. The number of ether oxygens (including phenoxy) is 1. The van der Waals surface area contributed by atoms with Gasteiger partial charge in [-0.3, -0.25) is 9.48 Å². The maximum Gasteiger partial charge on any atom is 0.248 e. The first-order valence-corrected chi connectivity index (χ1v) is 9.57. The maximum absolute atomic E-state index is 13.1. The molecule has 1 aromatic heterocycles. The number of para-hydroxylation sites is 1. The summed E-state index contributed by atoms with van der Waals surface area (Å²) in [7, 11) is 0. The van der Waals surface area contributed by atoms with Crippen LogP contribution in [0.2, 0.25) is 0 Å². The first-order chi connectivity index (χ1) is 13.8. The Morgan fingerprint density at radius 2 is 1.72 bits per heavy atom. The molecule has 2 heterocycles. The molecular weight excluding hydrogens is 388 g/mol. The Morgan fingerprint density at radius 1 is 1.03 bits per heavy atom. The first-order valence-electron chi connectivity index (χ1n) is 9.57. The fourth-order valence-corrected chi connectivity index (χ4v) is 3.57. The Hall–Kier alpha value is -2.83. The summed E-state index contributed by atoms with van der Waals surface area (Å²) >= 11 is 0. The third kappa shape index (κ3) is 4.78. The number of hydrogen-bond donors (Lipinski definition) is 2. The normalized spacial score (nSPS) is 15.2. The van der Waals surface area contributed by atoms with Crippen molar-refractivity contribution in [3.63, 3.8) is 0 Å². The summed E-state index contributed by atoms with van der Waals surface area (Å²) in [4.78, 5) is 13.1. The molecular formula is C22H25ClN4O2. The summed E-state index contributed by atoms with van der Waals surface area (Å²) in [5.41, 5.74) is 0.406. The van der Waals surface area contributed by atoms with Crippen LogP contribution in [0.25, 0.3) is 0 Å². The average Bonchev–Trinajstić information content (AvgIpc) is 3.30. The van der Waals surface area contributed by atoms with E-state index >= 15 is 0 Å². The van der Waals surface area contributed by atoms with Crippen molar-refractivity contribution in [1.29, 1.82) is 0 Å². The number of benzene rings is 2. The number of carbonyl (C=O) groups excluding carboxylic acids is 1.